The van der Waals surface area contributed by atoms with Gasteiger partial charge in [-0.15, -0.1) is 0 Å². The number of likely N-dealkylation sites (tertiary alicyclic amines) is 2. The molecule has 4 nitrogen and oxygen atoms in total. The topological polar surface area (TPSA) is 32.8 Å². The Bertz CT molecular complexity index is 703. The van der Waals surface area contributed by atoms with Gasteiger partial charge in [0, 0.05) is 31.7 Å². The van der Waals surface area contributed by atoms with E-state index in [1.807, 2.05) is 4.90 Å². The molecule has 0 aliphatic carbocycles. The maximum atomic E-state index is 14.2. The van der Waals surface area contributed by atoms with Crippen molar-refractivity contribution in [3.8, 4) is 5.75 Å². The van der Waals surface area contributed by atoms with Gasteiger partial charge in [-0.1, -0.05) is 11.6 Å². The van der Waals surface area contributed by atoms with Crippen LogP contribution in [-0.4, -0.2) is 49.0 Å². The van der Waals surface area contributed by atoms with Gasteiger partial charge in [-0.2, -0.15) is 0 Å². The van der Waals surface area contributed by atoms with Crippen LogP contribution >= 0.6 is 0 Å². The number of nitrogens with zero attached hydrogens (tertiary/aromatic N) is 2. The van der Waals surface area contributed by atoms with Gasteiger partial charge in [0.25, 0.3) is 0 Å². The number of piperidine rings is 1. The number of allylic oxidation sites excluding steroid dienone is 1. The molecule has 1 spiro atoms. The molecule has 142 valence electrons. The first-order chi connectivity index (χ1) is 12.5. The Balaban J connectivity index is 1.72. The quantitative estimate of drug-likeness (QED) is 0.752. The molecule has 2 heterocycles. The van der Waals surface area contributed by atoms with Gasteiger partial charge in [0.2, 0.25) is 5.91 Å². The highest BCUT2D eigenvalue weighted by Gasteiger charge is 2.48. The molecule has 1 aromatic carbocycles. The van der Waals surface area contributed by atoms with E-state index in [4.69, 9.17) is 4.74 Å². The second kappa shape index (κ2) is 7.78. The first-order valence-corrected chi connectivity index (χ1v) is 9.43. The number of hydrogen-bond acceptors (Lipinski definition) is 3. The third-order valence-electron chi connectivity index (χ3n) is 5.84. The van der Waals surface area contributed by atoms with E-state index in [0.717, 1.165) is 38.9 Å². The molecule has 3 rings (SSSR count). The van der Waals surface area contributed by atoms with Gasteiger partial charge in [-0.05, 0) is 57.9 Å². The zero-order valence-electron chi connectivity index (χ0n) is 16.1. The number of halogens is 1. The van der Waals surface area contributed by atoms with Crippen molar-refractivity contribution in [1.82, 2.24) is 9.80 Å². The van der Waals surface area contributed by atoms with Crippen LogP contribution in [-0.2, 0) is 11.3 Å². The first kappa shape index (κ1) is 18.9. The fourth-order valence-corrected chi connectivity index (χ4v) is 4.22. The van der Waals surface area contributed by atoms with Gasteiger partial charge in [0.05, 0.1) is 12.5 Å². The number of rotatable bonds is 5. The molecule has 2 saturated heterocycles. The molecule has 1 aromatic rings. The first-order valence-electron chi connectivity index (χ1n) is 9.43. The molecule has 26 heavy (non-hydrogen) atoms. The molecular weight excluding hydrogens is 331 g/mol. The molecule has 2 fully saturated rings. The van der Waals surface area contributed by atoms with Crippen LogP contribution < -0.4 is 4.74 Å². The van der Waals surface area contributed by atoms with Crippen molar-refractivity contribution in [2.75, 3.05) is 33.3 Å². The molecule has 0 saturated carbocycles. The lowest BCUT2D eigenvalue weighted by Crippen LogP contribution is -2.49. The van der Waals surface area contributed by atoms with Crippen LogP contribution in [0.5, 0.6) is 5.75 Å². The highest BCUT2D eigenvalue weighted by Crippen LogP contribution is 2.40. The monoisotopic (exact) mass is 360 g/mol. The van der Waals surface area contributed by atoms with Crippen LogP contribution in [0.1, 0.15) is 38.7 Å². The second-order valence-electron chi connectivity index (χ2n) is 7.66. The van der Waals surface area contributed by atoms with Gasteiger partial charge in [-0.25, -0.2) is 4.39 Å². The standard InChI is InChI=1S/C21H29FN2O2/c1-4-16(2)13-23-11-9-21(15-23)8-5-10-24(20(21)25)14-17-12-18(26-3)6-7-19(17)22/h4,6-7,12H,5,8-11,13-15H2,1-3H3. The van der Waals surface area contributed by atoms with Crippen molar-refractivity contribution in [3.63, 3.8) is 0 Å². The lowest BCUT2D eigenvalue weighted by molar-refractivity contribution is -0.146. The molecule has 0 radical (unpaired) electrons. The van der Waals surface area contributed by atoms with Crippen LogP contribution in [0.25, 0.3) is 0 Å². The second-order valence-corrected chi connectivity index (χ2v) is 7.66. The highest BCUT2D eigenvalue weighted by atomic mass is 19.1. The predicted molar refractivity (Wildman–Crippen MR) is 101 cm³/mol. The SMILES string of the molecule is CC=C(C)CN1CCC2(CCCN(Cc3cc(OC)ccc3F)C2=O)C1. The van der Waals surface area contributed by atoms with Crippen molar-refractivity contribution < 1.29 is 13.9 Å². The molecule has 1 unspecified atom stereocenters. The summed E-state index contributed by atoms with van der Waals surface area (Å²) in [5, 5.41) is 0. The summed E-state index contributed by atoms with van der Waals surface area (Å²) < 4.78 is 19.4. The van der Waals surface area contributed by atoms with E-state index >= 15 is 0 Å². The van der Waals surface area contributed by atoms with Crippen LogP contribution in [0.3, 0.4) is 0 Å². The van der Waals surface area contributed by atoms with Crippen molar-refractivity contribution in [2.45, 2.75) is 39.7 Å². The van der Waals surface area contributed by atoms with E-state index in [0.29, 0.717) is 24.4 Å². The number of amides is 1. The van der Waals surface area contributed by atoms with Gasteiger partial charge in [-0.3, -0.25) is 9.69 Å². The molecule has 2 aliphatic heterocycles. The Morgan fingerprint density at radius 1 is 1.35 bits per heavy atom. The average Bonchev–Trinajstić information content (AvgIpc) is 3.04. The Labute approximate surface area is 155 Å². The fourth-order valence-electron chi connectivity index (χ4n) is 4.22. The van der Waals surface area contributed by atoms with Crippen molar-refractivity contribution in [1.29, 1.82) is 0 Å². The van der Waals surface area contributed by atoms with Gasteiger partial charge in [0.1, 0.15) is 11.6 Å². The number of carbonyl (C=O) groups is 1. The third kappa shape index (κ3) is 3.78. The number of carbonyl (C=O) groups excluding carboxylic acids is 1. The summed E-state index contributed by atoms with van der Waals surface area (Å²) in [6.45, 7) is 7.90. The van der Waals surface area contributed by atoms with E-state index in [1.165, 1.54) is 11.6 Å². The largest absolute Gasteiger partial charge is 0.497 e. The molecule has 0 N–H and O–H groups in total. The molecule has 0 bridgehead atoms. The molecule has 1 amide bonds. The van der Waals surface area contributed by atoms with Crippen molar-refractivity contribution >= 4 is 5.91 Å². The zero-order chi connectivity index (χ0) is 18.7. The summed E-state index contributed by atoms with van der Waals surface area (Å²) in [7, 11) is 1.57. The summed E-state index contributed by atoms with van der Waals surface area (Å²) in [4.78, 5) is 17.5. The Hall–Kier alpha value is -1.88. The number of ether oxygens (including phenoxy) is 1. The van der Waals surface area contributed by atoms with Gasteiger partial charge in [0.15, 0.2) is 0 Å². The lowest BCUT2D eigenvalue weighted by Gasteiger charge is -2.39. The predicted octanol–water partition coefficient (Wildman–Crippen LogP) is 3.62. The van der Waals surface area contributed by atoms with E-state index in [9.17, 15) is 9.18 Å². The van der Waals surface area contributed by atoms with Crippen LogP contribution in [0, 0.1) is 11.2 Å². The minimum Gasteiger partial charge on any atom is -0.497 e. The summed E-state index contributed by atoms with van der Waals surface area (Å²) >= 11 is 0. The number of methoxy groups -OCH3 is 1. The summed E-state index contributed by atoms with van der Waals surface area (Å²) in [5.74, 6) is 0.524. The van der Waals surface area contributed by atoms with E-state index < -0.39 is 0 Å². The van der Waals surface area contributed by atoms with Crippen molar-refractivity contribution in [2.24, 2.45) is 5.41 Å². The Morgan fingerprint density at radius 2 is 2.15 bits per heavy atom. The summed E-state index contributed by atoms with van der Waals surface area (Å²) in [6, 6.07) is 4.71. The van der Waals surface area contributed by atoms with Crippen molar-refractivity contribution in [3.05, 3.63) is 41.2 Å². The fraction of sp³-hybridized carbons (Fsp3) is 0.571. The number of hydrogen-bond donors (Lipinski definition) is 0. The van der Waals surface area contributed by atoms with E-state index in [2.05, 4.69) is 24.8 Å². The molecule has 1 atom stereocenters. The highest BCUT2D eigenvalue weighted by molar-refractivity contribution is 5.84. The number of benzene rings is 1. The van der Waals surface area contributed by atoms with Crippen LogP contribution in [0.2, 0.25) is 0 Å². The molecule has 2 aliphatic rings. The maximum Gasteiger partial charge on any atom is 0.230 e. The smallest absolute Gasteiger partial charge is 0.230 e. The van der Waals surface area contributed by atoms with Gasteiger partial charge >= 0.3 is 0 Å². The molecule has 5 heteroatoms. The van der Waals surface area contributed by atoms with E-state index in [-0.39, 0.29) is 17.1 Å². The Kier molecular flexibility index (Phi) is 5.66. The summed E-state index contributed by atoms with van der Waals surface area (Å²) in [6.07, 6.45) is 4.95. The third-order valence-corrected chi connectivity index (χ3v) is 5.84. The maximum absolute atomic E-state index is 14.2. The average molecular weight is 360 g/mol. The minimum absolute atomic E-state index is 0.187. The van der Waals surface area contributed by atoms with Crippen LogP contribution in [0.4, 0.5) is 4.39 Å². The normalized spacial score (nSPS) is 24.5. The van der Waals surface area contributed by atoms with E-state index in [1.54, 1.807) is 19.2 Å². The lowest BCUT2D eigenvalue weighted by atomic mass is 9.78. The summed E-state index contributed by atoms with van der Waals surface area (Å²) in [5.41, 5.74) is 1.57. The Morgan fingerprint density at radius 3 is 2.88 bits per heavy atom. The van der Waals surface area contributed by atoms with Crippen LogP contribution in [0.15, 0.2) is 29.8 Å². The molecular formula is C21H29FN2O2. The zero-order valence-corrected chi connectivity index (χ0v) is 16.1. The minimum atomic E-state index is -0.290. The molecule has 0 aromatic heterocycles. The van der Waals surface area contributed by atoms with Gasteiger partial charge < -0.3 is 9.64 Å².